The number of fused-ring (bicyclic) bond motifs is 2. The molecular weight excluding hydrogens is 361 g/mol. The van der Waals surface area contributed by atoms with Crippen LogP contribution in [0.1, 0.15) is 18.5 Å². The van der Waals surface area contributed by atoms with Gasteiger partial charge in [0.25, 0.3) is 0 Å². The molecule has 1 aliphatic carbocycles. The maximum absolute atomic E-state index is 13.5. The van der Waals surface area contributed by atoms with E-state index in [0.29, 0.717) is 41.4 Å². The van der Waals surface area contributed by atoms with E-state index in [4.69, 9.17) is 5.73 Å². The minimum atomic E-state index is -0.704. The fraction of sp³-hybridized carbons (Fsp3) is 0.211. The van der Waals surface area contributed by atoms with Crippen LogP contribution in [-0.4, -0.2) is 37.5 Å². The Morgan fingerprint density at radius 3 is 2.79 bits per heavy atom. The lowest BCUT2D eigenvalue weighted by atomic mass is 9.97. The molecule has 0 unspecified atom stereocenters. The molecule has 140 valence electrons. The first-order valence-corrected chi connectivity index (χ1v) is 8.81. The molecule has 1 saturated carbocycles. The van der Waals surface area contributed by atoms with E-state index in [1.54, 1.807) is 25.5 Å². The Bertz CT molecular complexity index is 1260. The van der Waals surface area contributed by atoms with Gasteiger partial charge in [0.05, 0.1) is 17.3 Å². The van der Waals surface area contributed by atoms with Crippen LogP contribution < -0.4 is 11.1 Å². The largest absolute Gasteiger partial charge is 0.373 e. The summed E-state index contributed by atoms with van der Waals surface area (Å²) >= 11 is 0. The van der Waals surface area contributed by atoms with E-state index in [9.17, 15) is 9.18 Å². The van der Waals surface area contributed by atoms with Gasteiger partial charge in [0, 0.05) is 35.8 Å². The molecule has 3 N–H and O–H groups in total. The number of pyridine rings is 3. The predicted octanol–water partition coefficient (Wildman–Crippen LogP) is 2.04. The number of aromatic nitrogens is 5. The number of hydrogen-bond acceptors (Lipinski definition) is 6. The summed E-state index contributed by atoms with van der Waals surface area (Å²) in [5, 5.41) is 9.00. The standard InChI is InChI=1S/C19H16FN7O/c1-22-16-12-7-23-14(19(4-5-19)18(21)28)6-11(12)13(8-24-16)17-25-15-3-2-10(20)9-27(15)26-17/h2-3,6-9H,4-5H2,1H3,(H2,21,28)(H,22,24). The Morgan fingerprint density at radius 2 is 2.07 bits per heavy atom. The van der Waals surface area contributed by atoms with Crippen molar-refractivity contribution in [2.24, 2.45) is 5.73 Å². The lowest BCUT2D eigenvalue weighted by Crippen LogP contribution is -2.29. The molecule has 1 amide bonds. The van der Waals surface area contributed by atoms with Crippen molar-refractivity contribution in [2.45, 2.75) is 18.3 Å². The van der Waals surface area contributed by atoms with Gasteiger partial charge in [0.1, 0.15) is 11.6 Å². The number of halogens is 1. The van der Waals surface area contributed by atoms with Crippen molar-refractivity contribution >= 4 is 28.1 Å². The van der Waals surface area contributed by atoms with Crippen LogP contribution in [0.5, 0.6) is 0 Å². The molecule has 0 radical (unpaired) electrons. The molecule has 4 aromatic heterocycles. The van der Waals surface area contributed by atoms with E-state index in [1.807, 2.05) is 6.07 Å². The van der Waals surface area contributed by atoms with Gasteiger partial charge in [-0.25, -0.2) is 18.9 Å². The second kappa shape index (κ2) is 5.69. The van der Waals surface area contributed by atoms with Crippen molar-refractivity contribution in [2.75, 3.05) is 12.4 Å². The summed E-state index contributed by atoms with van der Waals surface area (Å²) in [6.45, 7) is 0. The summed E-state index contributed by atoms with van der Waals surface area (Å²) in [5.41, 5.74) is 6.73. The number of anilines is 1. The fourth-order valence-corrected chi connectivity index (χ4v) is 3.50. The minimum absolute atomic E-state index is 0.370. The monoisotopic (exact) mass is 377 g/mol. The Balaban J connectivity index is 1.76. The third-order valence-corrected chi connectivity index (χ3v) is 5.26. The van der Waals surface area contributed by atoms with Gasteiger partial charge in [-0.2, -0.15) is 0 Å². The third kappa shape index (κ3) is 2.32. The highest BCUT2D eigenvalue weighted by atomic mass is 19.1. The number of primary amides is 1. The van der Waals surface area contributed by atoms with Gasteiger partial charge < -0.3 is 11.1 Å². The Morgan fingerprint density at radius 1 is 1.25 bits per heavy atom. The zero-order valence-corrected chi connectivity index (χ0v) is 15.0. The molecule has 0 bridgehead atoms. The van der Waals surface area contributed by atoms with Crippen LogP contribution >= 0.6 is 0 Å². The summed E-state index contributed by atoms with van der Waals surface area (Å²) in [4.78, 5) is 25.3. The smallest absolute Gasteiger partial charge is 0.229 e. The zero-order chi connectivity index (χ0) is 19.5. The van der Waals surface area contributed by atoms with E-state index >= 15 is 0 Å². The molecular formula is C19H16FN7O. The topological polar surface area (TPSA) is 111 Å². The molecule has 5 rings (SSSR count). The van der Waals surface area contributed by atoms with E-state index in [1.165, 1.54) is 16.8 Å². The average Bonchev–Trinajstić information content (AvgIpc) is 3.41. The number of nitrogens with zero attached hydrogens (tertiary/aromatic N) is 5. The van der Waals surface area contributed by atoms with Crippen molar-refractivity contribution in [3.05, 3.63) is 48.3 Å². The molecule has 0 saturated heterocycles. The second-order valence-electron chi connectivity index (χ2n) is 6.92. The summed E-state index contributed by atoms with van der Waals surface area (Å²) in [7, 11) is 1.77. The van der Waals surface area contributed by atoms with Crippen LogP contribution in [0.4, 0.5) is 10.2 Å². The summed E-state index contributed by atoms with van der Waals surface area (Å²) in [6, 6.07) is 4.75. The van der Waals surface area contributed by atoms with Crippen molar-refractivity contribution in [3.8, 4) is 11.4 Å². The summed E-state index contributed by atoms with van der Waals surface area (Å²) in [6.07, 6.45) is 5.99. The molecule has 1 aliphatic rings. The van der Waals surface area contributed by atoms with Gasteiger partial charge >= 0.3 is 0 Å². The normalized spacial score (nSPS) is 15.1. The molecule has 4 heterocycles. The quantitative estimate of drug-likeness (QED) is 0.563. The van der Waals surface area contributed by atoms with Gasteiger partial charge in [-0.1, -0.05) is 0 Å². The van der Waals surface area contributed by atoms with Crippen molar-refractivity contribution in [3.63, 3.8) is 0 Å². The number of carbonyl (C=O) groups excluding carboxylic acids is 1. The highest BCUT2D eigenvalue weighted by Gasteiger charge is 2.51. The van der Waals surface area contributed by atoms with Gasteiger partial charge in [0.2, 0.25) is 5.91 Å². The van der Waals surface area contributed by atoms with Crippen LogP contribution in [0.3, 0.4) is 0 Å². The van der Waals surface area contributed by atoms with Crippen LogP contribution in [0.25, 0.3) is 27.8 Å². The fourth-order valence-electron chi connectivity index (χ4n) is 3.50. The summed E-state index contributed by atoms with van der Waals surface area (Å²) in [5.74, 6) is 0.287. The zero-order valence-electron chi connectivity index (χ0n) is 15.0. The lowest BCUT2D eigenvalue weighted by Gasteiger charge is -2.13. The minimum Gasteiger partial charge on any atom is -0.373 e. The van der Waals surface area contributed by atoms with E-state index in [2.05, 4.69) is 25.4 Å². The van der Waals surface area contributed by atoms with Crippen LogP contribution in [-0.2, 0) is 10.2 Å². The third-order valence-electron chi connectivity index (χ3n) is 5.26. The van der Waals surface area contributed by atoms with Crippen molar-refractivity contribution in [1.82, 2.24) is 24.6 Å². The first-order valence-electron chi connectivity index (χ1n) is 8.81. The second-order valence-corrected chi connectivity index (χ2v) is 6.92. The number of nitrogens with two attached hydrogens (primary N) is 1. The molecule has 0 spiro atoms. The first kappa shape index (κ1) is 16.5. The van der Waals surface area contributed by atoms with Crippen LogP contribution in [0.2, 0.25) is 0 Å². The highest BCUT2D eigenvalue weighted by molar-refractivity contribution is 6.01. The molecule has 0 aliphatic heterocycles. The Hall–Kier alpha value is -3.62. The Kier molecular flexibility index (Phi) is 3.36. The Labute approximate surface area is 158 Å². The number of nitrogens with one attached hydrogen (secondary N) is 1. The van der Waals surface area contributed by atoms with Gasteiger partial charge in [-0.05, 0) is 31.0 Å². The molecule has 1 fully saturated rings. The van der Waals surface area contributed by atoms with Crippen molar-refractivity contribution in [1.29, 1.82) is 0 Å². The van der Waals surface area contributed by atoms with Gasteiger partial charge in [-0.15, -0.1) is 5.10 Å². The first-order chi connectivity index (χ1) is 13.5. The van der Waals surface area contributed by atoms with Gasteiger partial charge in [-0.3, -0.25) is 9.78 Å². The average molecular weight is 377 g/mol. The number of amides is 1. The molecule has 0 aromatic carbocycles. The lowest BCUT2D eigenvalue weighted by molar-refractivity contribution is -0.120. The summed E-state index contributed by atoms with van der Waals surface area (Å²) < 4.78 is 14.9. The van der Waals surface area contributed by atoms with Crippen molar-refractivity contribution < 1.29 is 9.18 Å². The van der Waals surface area contributed by atoms with Crippen LogP contribution in [0, 0.1) is 5.82 Å². The molecule has 28 heavy (non-hydrogen) atoms. The maximum Gasteiger partial charge on any atom is 0.229 e. The highest BCUT2D eigenvalue weighted by Crippen LogP contribution is 2.48. The molecule has 4 aromatic rings. The molecule has 8 nitrogen and oxygen atoms in total. The SMILES string of the molecule is CNc1ncc(-c2nc3ccc(F)cn3n2)c2cc(C3(C(N)=O)CC3)ncc12. The number of rotatable bonds is 4. The molecule has 0 atom stereocenters. The number of hydrogen-bond donors (Lipinski definition) is 2. The van der Waals surface area contributed by atoms with E-state index < -0.39 is 11.2 Å². The van der Waals surface area contributed by atoms with E-state index in [0.717, 1.165) is 10.8 Å². The van der Waals surface area contributed by atoms with Crippen LogP contribution in [0.15, 0.2) is 36.8 Å². The van der Waals surface area contributed by atoms with E-state index in [-0.39, 0.29) is 5.91 Å². The maximum atomic E-state index is 13.5. The van der Waals surface area contributed by atoms with Gasteiger partial charge in [0.15, 0.2) is 11.5 Å². The predicted molar refractivity (Wildman–Crippen MR) is 101 cm³/mol. The number of carbonyl (C=O) groups is 1. The molecule has 9 heteroatoms.